The molecular weight excluding hydrogens is 369 g/mol. The van der Waals surface area contributed by atoms with Crippen molar-refractivity contribution < 1.29 is 13.9 Å². The Bertz CT molecular complexity index is 1020. The number of hydrogen-bond donors (Lipinski definition) is 1. The molecule has 0 saturated carbocycles. The number of benzene rings is 2. The molecule has 5 nitrogen and oxygen atoms in total. The summed E-state index contributed by atoms with van der Waals surface area (Å²) < 4.78 is 18.5. The second-order valence-electron chi connectivity index (χ2n) is 7.99. The number of anilines is 1. The highest BCUT2D eigenvalue weighted by Crippen LogP contribution is 2.34. The van der Waals surface area contributed by atoms with E-state index in [1.165, 1.54) is 12.1 Å². The van der Waals surface area contributed by atoms with E-state index in [1.807, 2.05) is 43.1 Å². The van der Waals surface area contributed by atoms with Crippen LogP contribution in [0.1, 0.15) is 19.4 Å². The fourth-order valence-electron chi connectivity index (χ4n) is 4.07. The number of amides is 1. The van der Waals surface area contributed by atoms with Gasteiger partial charge in [-0.1, -0.05) is 0 Å². The fourth-order valence-corrected chi connectivity index (χ4v) is 4.07. The number of aromatic nitrogens is 1. The molecule has 1 N–H and O–H groups in total. The highest BCUT2D eigenvalue weighted by atomic mass is 19.1. The summed E-state index contributed by atoms with van der Waals surface area (Å²) in [4.78, 5) is 20.8. The van der Waals surface area contributed by atoms with Crippen LogP contribution in [0.15, 0.2) is 48.7 Å². The molecule has 29 heavy (non-hydrogen) atoms. The van der Waals surface area contributed by atoms with Gasteiger partial charge in [0.05, 0.1) is 12.5 Å². The molecule has 152 valence electrons. The Morgan fingerprint density at radius 1 is 1.07 bits per heavy atom. The lowest BCUT2D eigenvalue weighted by Crippen LogP contribution is -2.53. The first-order chi connectivity index (χ1) is 13.9. The third-order valence-corrected chi connectivity index (χ3v) is 5.86. The predicted molar refractivity (Wildman–Crippen MR) is 113 cm³/mol. The average molecular weight is 395 g/mol. The third-order valence-electron chi connectivity index (χ3n) is 5.86. The molecule has 0 atom stereocenters. The van der Waals surface area contributed by atoms with E-state index in [4.69, 9.17) is 4.74 Å². The van der Waals surface area contributed by atoms with E-state index in [-0.39, 0.29) is 11.7 Å². The number of H-pyrrole nitrogens is 1. The predicted octanol–water partition coefficient (Wildman–Crippen LogP) is 3.94. The molecule has 0 spiro atoms. The van der Waals surface area contributed by atoms with Gasteiger partial charge in [-0.3, -0.25) is 4.79 Å². The lowest BCUT2D eigenvalue weighted by atomic mass is 9.82. The maximum absolute atomic E-state index is 13.4. The summed E-state index contributed by atoms with van der Waals surface area (Å²) >= 11 is 0. The summed E-state index contributed by atoms with van der Waals surface area (Å²) in [6, 6.07) is 12.4. The van der Waals surface area contributed by atoms with Crippen molar-refractivity contribution in [3.8, 4) is 5.75 Å². The first-order valence-corrected chi connectivity index (χ1v) is 9.85. The zero-order valence-electron chi connectivity index (χ0n) is 17.0. The van der Waals surface area contributed by atoms with Gasteiger partial charge in [0, 0.05) is 49.0 Å². The van der Waals surface area contributed by atoms with Crippen LogP contribution in [-0.4, -0.2) is 49.1 Å². The lowest BCUT2D eigenvalue weighted by molar-refractivity contribution is -0.136. The van der Waals surface area contributed by atoms with Crippen LogP contribution in [0.2, 0.25) is 0 Å². The van der Waals surface area contributed by atoms with E-state index in [9.17, 15) is 9.18 Å². The van der Waals surface area contributed by atoms with Crippen molar-refractivity contribution in [1.82, 2.24) is 9.88 Å². The molecule has 0 radical (unpaired) electrons. The molecule has 0 unspecified atom stereocenters. The highest BCUT2D eigenvalue weighted by molar-refractivity contribution is 5.95. The topological polar surface area (TPSA) is 48.6 Å². The van der Waals surface area contributed by atoms with Crippen molar-refractivity contribution in [3.05, 3.63) is 60.0 Å². The van der Waals surface area contributed by atoms with Gasteiger partial charge in [0.1, 0.15) is 11.6 Å². The number of piperazine rings is 1. The summed E-state index contributed by atoms with van der Waals surface area (Å²) in [5.41, 5.74) is 2.28. The number of nitrogens with one attached hydrogen (secondary N) is 1. The van der Waals surface area contributed by atoms with Crippen molar-refractivity contribution >= 4 is 22.5 Å². The van der Waals surface area contributed by atoms with Crippen LogP contribution >= 0.6 is 0 Å². The number of carbonyl (C=O) groups excluding carboxylic acids is 1. The number of hydrogen-bond acceptors (Lipinski definition) is 3. The van der Waals surface area contributed by atoms with Crippen molar-refractivity contribution in [2.45, 2.75) is 19.3 Å². The molecular formula is C23H26FN3O2. The monoisotopic (exact) mass is 395 g/mol. The van der Waals surface area contributed by atoms with Gasteiger partial charge in [-0.25, -0.2) is 4.39 Å². The maximum Gasteiger partial charge on any atom is 0.232 e. The smallest absolute Gasteiger partial charge is 0.232 e. The highest BCUT2D eigenvalue weighted by Gasteiger charge is 2.37. The minimum atomic E-state index is -0.664. The Balaban J connectivity index is 1.51. The minimum Gasteiger partial charge on any atom is -0.497 e. The van der Waals surface area contributed by atoms with E-state index in [0.717, 1.165) is 41.0 Å². The van der Waals surface area contributed by atoms with Crippen LogP contribution in [0.5, 0.6) is 5.75 Å². The van der Waals surface area contributed by atoms with Crippen molar-refractivity contribution in [1.29, 1.82) is 0 Å². The second kappa shape index (κ2) is 7.43. The first-order valence-electron chi connectivity index (χ1n) is 9.85. The van der Waals surface area contributed by atoms with E-state index in [1.54, 1.807) is 19.2 Å². The Labute approximate surface area is 170 Å². The van der Waals surface area contributed by atoms with Gasteiger partial charge in [0.25, 0.3) is 0 Å². The number of fused-ring (bicyclic) bond motifs is 1. The molecule has 3 aromatic rings. The van der Waals surface area contributed by atoms with Gasteiger partial charge in [-0.05, 0) is 61.9 Å². The summed E-state index contributed by atoms with van der Waals surface area (Å²) in [5, 5.41) is 1.01. The number of aromatic amines is 1. The Kier molecular flexibility index (Phi) is 4.94. The van der Waals surface area contributed by atoms with Gasteiger partial charge in [0.2, 0.25) is 5.91 Å². The molecule has 0 bridgehead atoms. The number of rotatable bonds is 4. The fraction of sp³-hybridized carbons (Fsp3) is 0.348. The summed E-state index contributed by atoms with van der Waals surface area (Å²) in [5.74, 6) is 0.647. The molecule has 1 aliphatic heterocycles. The normalized spacial score (nSPS) is 15.0. The van der Waals surface area contributed by atoms with Crippen LogP contribution in [-0.2, 0) is 10.2 Å². The number of halogens is 1. The van der Waals surface area contributed by atoms with E-state index in [2.05, 4.69) is 9.88 Å². The molecule has 1 fully saturated rings. The van der Waals surface area contributed by atoms with Crippen LogP contribution < -0.4 is 9.64 Å². The largest absolute Gasteiger partial charge is 0.497 e. The molecule has 1 aliphatic rings. The Morgan fingerprint density at radius 3 is 2.41 bits per heavy atom. The summed E-state index contributed by atoms with van der Waals surface area (Å²) in [7, 11) is 1.64. The molecule has 6 heteroatoms. The van der Waals surface area contributed by atoms with Gasteiger partial charge in [-0.2, -0.15) is 0 Å². The van der Waals surface area contributed by atoms with E-state index >= 15 is 0 Å². The molecule has 2 heterocycles. The molecule has 1 amide bonds. The quantitative estimate of drug-likeness (QED) is 0.728. The molecule has 1 aromatic heterocycles. The molecule has 1 saturated heterocycles. The van der Waals surface area contributed by atoms with Gasteiger partial charge in [-0.15, -0.1) is 0 Å². The molecule has 4 rings (SSSR count). The van der Waals surface area contributed by atoms with E-state index < -0.39 is 5.41 Å². The van der Waals surface area contributed by atoms with E-state index in [0.29, 0.717) is 13.1 Å². The second-order valence-corrected chi connectivity index (χ2v) is 7.99. The van der Waals surface area contributed by atoms with Crippen molar-refractivity contribution in [2.75, 3.05) is 38.2 Å². The van der Waals surface area contributed by atoms with Crippen LogP contribution in [0.3, 0.4) is 0 Å². The average Bonchev–Trinajstić information content (AvgIpc) is 3.18. The van der Waals surface area contributed by atoms with Gasteiger partial charge in [0.15, 0.2) is 0 Å². The number of nitrogens with zero attached hydrogens (tertiary/aromatic N) is 2. The zero-order valence-corrected chi connectivity index (χ0v) is 17.0. The molecule has 0 aliphatic carbocycles. The van der Waals surface area contributed by atoms with Crippen LogP contribution in [0.4, 0.5) is 10.1 Å². The first kappa shape index (κ1) is 19.3. The minimum absolute atomic E-state index is 0.111. The number of methoxy groups -OCH3 is 1. The zero-order chi connectivity index (χ0) is 20.6. The van der Waals surface area contributed by atoms with Gasteiger partial charge >= 0.3 is 0 Å². The van der Waals surface area contributed by atoms with Crippen molar-refractivity contribution in [2.24, 2.45) is 0 Å². The molecule has 2 aromatic carbocycles. The van der Waals surface area contributed by atoms with Crippen LogP contribution in [0.25, 0.3) is 10.9 Å². The number of ether oxygens (including phenoxy) is 1. The maximum atomic E-state index is 13.4. The summed E-state index contributed by atoms with van der Waals surface area (Å²) in [6.07, 6.45) is 1.93. The number of carbonyl (C=O) groups is 1. The Hall–Kier alpha value is -3.02. The third kappa shape index (κ3) is 3.55. The van der Waals surface area contributed by atoms with Gasteiger partial charge < -0.3 is 19.5 Å². The summed E-state index contributed by atoms with van der Waals surface area (Å²) in [6.45, 7) is 6.70. The SMILES string of the molecule is COc1ccc2[nH]cc(C(C)(C)C(=O)N3CCN(c4ccc(F)cc4)CC3)c2c1. The van der Waals surface area contributed by atoms with Crippen molar-refractivity contribution in [3.63, 3.8) is 0 Å². The Morgan fingerprint density at radius 2 is 1.76 bits per heavy atom. The standard InChI is InChI=1S/C23H26FN3O2/c1-23(2,20-15-25-21-9-8-18(29-3)14-19(20)21)22(28)27-12-10-26(11-13-27)17-6-4-16(24)5-7-17/h4-9,14-15,25H,10-13H2,1-3H3. The van der Waals surface area contributed by atoms with Crippen LogP contribution in [0, 0.1) is 5.82 Å². The lowest BCUT2D eigenvalue weighted by Gasteiger charge is -2.39.